The number of ether oxygens (including phenoxy) is 1. The summed E-state index contributed by atoms with van der Waals surface area (Å²) in [4.78, 5) is 16.9. The van der Waals surface area contributed by atoms with Crippen molar-refractivity contribution in [3.8, 4) is 28.1 Å². The van der Waals surface area contributed by atoms with E-state index in [1.807, 2.05) is 84.9 Å². The first-order valence-electron chi connectivity index (χ1n) is 11.4. The van der Waals surface area contributed by atoms with Gasteiger partial charge >= 0.3 is 0 Å². The Hall–Kier alpha value is -4.29. The highest BCUT2D eigenvalue weighted by molar-refractivity contribution is 9.10. The lowest BCUT2D eigenvalue weighted by Crippen LogP contribution is -2.24. The Balaban J connectivity index is 1.30. The summed E-state index contributed by atoms with van der Waals surface area (Å²) in [6.45, 7) is -0.132. The number of pyridine rings is 1. The number of hydrogen-bond acceptors (Lipinski definition) is 4. The van der Waals surface area contributed by atoms with Gasteiger partial charge in [-0.2, -0.15) is 5.10 Å². The molecule has 0 atom stereocenters. The van der Waals surface area contributed by atoms with E-state index in [4.69, 9.17) is 9.72 Å². The summed E-state index contributed by atoms with van der Waals surface area (Å²) in [6.07, 6.45) is 1.59. The van der Waals surface area contributed by atoms with Crippen molar-refractivity contribution >= 4 is 39.0 Å². The molecular formula is C30H22BrN3O2. The van der Waals surface area contributed by atoms with E-state index in [1.54, 1.807) is 6.21 Å². The van der Waals surface area contributed by atoms with E-state index in [-0.39, 0.29) is 12.5 Å². The van der Waals surface area contributed by atoms with E-state index in [0.717, 1.165) is 43.3 Å². The van der Waals surface area contributed by atoms with E-state index in [1.165, 1.54) is 0 Å². The summed E-state index contributed by atoms with van der Waals surface area (Å²) < 4.78 is 6.64. The van der Waals surface area contributed by atoms with Crippen molar-refractivity contribution in [3.05, 3.63) is 119 Å². The molecule has 1 heterocycles. The fraction of sp³-hybridized carbons (Fsp3) is 0.0333. The van der Waals surface area contributed by atoms with Gasteiger partial charge in [-0.3, -0.25) is 4.79 Å². The number of fused-ring (bicyclic) bond motifs is 1. The van der Waals surface area contributed by atoms with Crippen LogP contribution in [0.5, 0.6) is 5.75 Å². The highest BCUT2D eigenvalue weighted by Gasteiger charge is 2.11. The number of amides is 1. The number of carbonyl (C=O) groups is 1. The van der Waals surface area contributed by atoms with Crippen LogP contribution in [-0.4, -0.2) is 23.7 Å². The summed E-state index contributed by atoms with van der Waals surface area (Å²) >= 11 is 3.58. The minimum absolute atomic E-state index is 0.132. The predicted octanol–water partition coefficient (Wildman–Crippen LogP) is 6.86. The van der Waals surface area contributed by atoms with Crippen LogP contribution in [0.15, 0.2) is 119 Å². The van der Waals surface area contributed by atoms with Crippen molar-refractivity contribution in [2.24, 2.45) is 5.10 Å². The van der Waals surface area contributed by atoms with Gasteiger partial charge in [0.1, 0.15) is 5.75 Å². The van der Waals surface area contributed by atoms with E-state index < -0.39 is 0 Å². The zero-order valence-electron chi connectivity index (χ0n) is 19.3. The Labute approximate surface area is 217 Å². The van der Waals surface area contributed by atoms with Gasteiger partial charge in [0.15, 0.2) is 6.61 Å². The second-order valence-corrected chi connectivity index (χ2v) is 9.02. The average Bonchev–Trinajstić information content (AvgIpc) is 2.93. The first kappa shape index (κ1) is 23.5. The Kier molecular flexibility index (Phi) is 7.15. The van der Waals surface area contributed by atoms with Gasteiger partial charge in [0.2, 0.25) is 0 Å². The molecule has 0 aliphatic heterocycles. The lowest BCUT2D eigenvalue weighted by Gasteiger charge is -2.11. The summed E-state index contributed by atoms with van der Waals surface area (Å²) in [5.41, 5.74) is 8.36. The number of hydrogen-bond donors (Lipinski definition) is 1. The minimum atomic E-state index is -0.332. The van der Waals surface area contributed by atoms with Gasteiger partial charge in [-0.25, -0.2) is 10.4 Å². The fourth-order valence-corrected chi connectivity index (χ4v) is 4.18. The summed E-state index contributed by atoms with van der Waals surface area (Å²) in [5.74, 6) is 0.259. The number of nitrogens with one attached hydrogen (secondary N) is 1. The molecule has 0 aliphatic rings. The van der Waals surface area contributed by atoms with E-state index >= 15 is 0 Å². The topological polar surface area (TPSA) is 63.6 Å². The monoisotopic (exact) mass is 535 g/mol. The van der Waals surface area contributed by atoms with Crippen molar-refractivity contribution < 1.29 is 9.53 Å². The molecule has 4 aromatic carbocycles. The van der Waals surface area contributed by atoms with Crippen LogP contribution in [0.3, 0.4) is 0 Å². The van der Waals surface area contributed by atoms with Crippen molar-refractivity contribution in [1.82, 2.24) is 10.4 Å². The van der Waals surface area contributed by atoms with Crippen LogP contribution in [0.2, 0.25) is 0 Å². The summed E-state index contributed by atoms with van der Waals surface area (Å²) in [7, 11) is 0. The third-order valence-corrected chi connectivity index (χ3v) is 6.07. The molecule has 0 bridgehead atoms. The van der Waals surface area contributed by atoms with Gasteiger partial charge in [0, 0.05) is 15.4 Å². The van der Waals surface area contributed by atoms with Crippen LogP contribution in [0.1, 0.15) is 5.56 Å². The maximum absolute atomic E-state index is 12.1. The molecule has 6 heteroatoms. The average molecular weight is 536 g/mol. The third kappa shape index (κ3) is 5.67. The van der Waals surface area contributed by atoms with Gasteiger partial charge in [-0.1, -0.05) is 76.6 Å². The van der Waals surface area contributed by atoms with Crippen LogP contribution in [0.25, 0.3) is 33.3 Å². The molecule has 0 unspecified atom stereocenters. The van der Waals surface area contributed by atoms with E-state index in [9.17, 15) is 4.79 Å². The summed E-state index contributed by atoms with van der Waals surface area (Å²) in [6, 6.07) is 35.6. The SMILES string of the molecule is O=C(COc1ccc(-c2cc(-c3ccccc3)c3cc(Br)ccc3n2)cc1)N/N=C\c1ccccc1. The molecule has 36 heavy (non-hydrogen) atoms. The van der Waals surface area contributed by atoms with Crippen LogP contribution in [0, 0.1) is 0 Å². The molecule has 5 aromatic rings. The predicted molar refractivity (Wildman–Crippen MR) is 148 cm³/mol. The van der Waals surface area contributed by atoms with Gasteiger partial charge in [-0.15, -0.1) is 0 Å². The van der Waals surface area contributed by atoms with Crippen LogP contribution < -0.4 is 10.2 Å². The molecule has 1 amide bonds. The van der Waals surface area contributed by atoms with E-state index in [2.05, 4.69) is 50.7 Å². The number of benzene rings is 4. The highest BCUT2D eigenvalue weighted by Crippen LogP contribution is 2.34. The third-order valence-electron chi connectivity index (χ3n) is 5.58. The molecule has 5 nitrogen and oxygen atoms in total. The molecule has 0 saturated carbocycles. The van der Waals surface area contributed by atoms with Crippen LogP contribution >= 0.6 is 15.9 Å². The van der Waals surface area contributed by atoms with Crippen LogP contribution in [0.4, 0.5) is 0 Å². The lowest BCUT2D eigenvalue weighted by atomic mass is 9.98. The molecular weight excluding hydrogens is 514 g/mol. The van der Waals surface area contributed by atoms with Gasteiger partial charge in [-0.05, 0) is 65.2 Å². The quantitative estimate of drug-likeness (QED) is 0.183. The smallest absolute Gasteiger partial charge is 0.277 e. The Morgan fingerprint density at radius 1 is 0.861 bits per heavy atom. The minimum Gasteiger partial charge on any atom is -0.484 e. The molecule has 0 spiro atoms. The first-order valence-corrected chi connectivity index (χ1v) is 12.2. The molecule has 0 saturated heterocycles. The Morgan fingerprint density at radius 2 is 1.58 bits per heavy atom. The normalized spacial score (nSPS) is 11.0. The molecule has 0 fully saturated rings. The zero-order chi connectivity index (χ0) is 24.7. The number of nitrogens with zero attached hydrogens (tertiary/aromatic N) is 2. The number of rotatable bonds is 7. The second kappa shape index (κ2) is 11.0. The van der Waals surface area contributed by atoms with Crippen molar-refractivity contribution in [2.45, 2.75) is 0 Å². The maximum atomic E-state index is 12.1. The number of aromatic nitrogens is 1. The van der Waals surface area contributed by atoms with Crippen molar-refractivity contribution in [1.29, 1.82) is 0 Å². The van der Waals surface area contributed by atoms with E-state index in [0.29, 0.717) is 5.75 Å². The molecule has 0 aliphatic carbocycles. The summed E-state index contributed by atoms with van der Waals surface area (Å²) in [5, 5.41) is 5.04. The fourth-order valence-electron chi connectivity index (χ4n) is 3.82. The van der Waals surface area contributed by atoms with Crippen molar-refractivity contribution in [3.63, 3.8) is 0 Å². The van der Waals surface area contributed by atoms with Crippen molar-refractivity contribution in [2.75, 3.05) is 6.61 Å². The second-order valence-electron chi connectivity index (χ2n) is 8.10. The van der Waals surface area contributed by atoms with Gasteiger partial charge in [0.25, 0.3) is 5.91 Å². The number of hydrazone groups is 1. The highest BCUT2D eigenvalue weighted by atomic mass is 79.9. The maximum Gasteiger partial charge on any atom is 0.277 e. The Bertz CT molecular complexity index is 1520. The zero-order valence-corrected chi connectivity index (χ0v) is 20.9. The molecule has 0 radical (unpaired) electrons. The molecule has 5 rings (SSSR count). The standard InChI is InChI=1S/C30H22BrN3O2/c31-24-13-16-28-27(17-24)26(22-9-5-2-6-10-22)18-29(33-28)23-11-14-25(15-12-23)36-20-30(35)34-32-19-21-7-3-1-4-8-21/h1-19H,20H2,(H,34,35)/b32-19-. The molecule has 1 N–H and O–H groups in total. The van der Waals surface area contributed by atoms with Gasteiger partial charge < -0.3 is 4.74 Å². The first-order chi connectivity index (χ1) is 17.7. The van der Waals surface area contributed by atoms with Crippen LogP contribution in [-0.2, 0) is 4.79 Å². The number of halogens is 1. The molecule has 1 aromatic heterocycles. The number of carbonyl (C=O) groups excluding carboxylic acids is 1. The van der Waals surface area contributed by atoms with Gasteiger partial charge in [0.05, 0.1) is 17.4 Å². The Morgan fingerprint density at radius 3 is 2.33 bits per heavy atom. The molecule has 176 valence electrons. The lowest BCUT2D eigenvalue weighted by molar-refractivity contribution is -0.123. The largest absolute Gasteiger partial charge is 0.484 e.